The van der Waals surface area contributed by atoms with Crippen molar-refractivity contribution >= 4 is 22.6 Å². The first-order chi connectivity index (χ1) is 6.67. The molecule has 1 nitrogen and oxygen atoms in total. The maximum Gasteiger partial charge on any atom is 0.0610 e. The van der Waals surface area contributed by atoms with Gasteiger partial charge in [-0.05, 0) is 53.3 Å². The van der Waals surface area contributed by atoms with E-state index in [2.05, 4.69) is 29.5 Å². The maximum absolute atomic E-state index is 10.4. The van der Waals surface area contributed by atoms with Gasteiger partial charge in [0.15, 0.2) is 0 Å². The number of aliphatic hydroxyl groups excluding tert-OH is 1. The van der Waals surface area contributed by atoms with Crippen LogP contribution in [-0.2, 0) is 0 Å². The van der Waals surface area contributed by atoms with Crippen molar-refractivity contribution in [3.63, 3.8) is 0 Å². The number of hydrogen-bond donors (Lipinski definition) is 1. The fraction of sp³-hybridized carbons (Fsp3) is 1.00. The van der Waals surface area contributed by atoms with Crippen LogP contribution >= 0.6 is 22.6 Å². The summed E-state index contributed by atoms with van der Waals surface area (Å²) >= 11 is 2.72. The molecule has 0 spiro atoms. The highest BCUT2D eigenvalue weighted by Crippen LogP contribution is 2.87. The minimum Gasteiger partial charge on any atom is -0.392 e. The van der Waals surface area contributed by atoms with Crippen LogP contribution in [0.5, 0.6) is 0 Å². The van der Waals surface area contributed by atoms with Crippen LogP contribution in [0, 0.1) is 46.8 Å². The topological polar surface area (TPSA) is 20.2 Å². The number of halogens is 1. The molecule has 0 amide bonds. The molecule has 6 aliphatic carbocycles. The number of hydrogen-bond acceptors (Lipinski definition) is 1. The van der Waals surface area contributed by atoms with Gasteiger partial charge in [-0.25, -0.2) is 0 Å². The molecule has 6 aliphatic rings. The zero-order valence-electron chi connectivity index (χ0n) is 8.23. The molecular formula is C12H15IO. The highest BCUT2D eigenvalue weighted by molar-refractivity contribution is 14.1. The minimum atomic E-state index is 0.0924. The smallest absolute Gasteiger partial charge is 0.0610 e. The Morgan fingerprint density at radius 3 is 2.64 bits per heavy atom. The molecule has 5 unspecified atom stereocenters. The highest BCUT2D eigenvalue weighted by atomic mass is 127. The van der Waals surface area contributed by atoms with E-state index in [-0.39, 0.29) is 6.10 Å². The van der Waals surface area contributed by atoms with Crippen molar-refractivity contribution in [2.45, 2.75) is 23.4 Å². The van der Waals surface area contributed by atoms with Gasteiger partial charge in [-0.1, -0.05) is 29.5 Å². The first kappa shape index (κ1) is 7.88. The van der Waals surface area contributed by atoms with E-state index in [9.17, 15) is 5.11 Å². The average Bonchev–Trinajstić information content (AvgIpc) is 2.81. The van der Waals surface area contributed by atoms with Crippen molar-refractivity contribution in [3.05, 3.63) is 0 Å². The molecule has 10 atom stereocenters. The molecule has 0 saturated heterocycles. The van der Waals surface area contributed by atoms with E-state index < -0.39 is 0 Å². The Balaban J connectivity index is 1.88. The molecule has 0 radical (unpaired) electrons. The van der Waals surface area contributed by atoms with Gasteiger partial charge in [0.05, 0.1) is 6.10 Å². The van der Waals surface area contributed by atoms with E-state index in [0.717, 1.165) is 39.4 Å². The molecule has 6 bridgehead atoms. The Hall–Kier alpha value is 0.690. The molecule has 1 N–H and O–H groups in total. The molecule has 0 aromatic heterocycles. The zero-order valence-corrected chi connectivity index (χ0v) is 10.4. The van der Waals surface area contributed by atoms with Crippen LogP contribution in [0.1, 0.15) is 13.3 Å². The first-order valence-electron chi connectivity index (χ1n) is 5.99. The fourth-order valence-corrected chi connectivity index (χ4v) is 8.91. The van der Waals surface area contributed by atoms with Gasteiger partial charge in [-0.2, -0.15) is 0 Å². The molecule has 6 saturated carbocycles. The van der Waals surface area contributed by atoms with Crippen molar-refractivity contribution in [1.82, 2.24) is 0 Å². The molecule has 6 rings (SSSR count). The van der Waals surface area contributed by atoms with Crippen molar-refractivity contribution in [2.24, 2.45) is 46.8 Å². The third-order valence-corrected chi connectivity index (χ3v) is 9.07. The van der Waals surface area contributed by atoms with Crippen LogP contribution in [0.3, 0.4) is 0 Å². The third-order valence-electron chi connectivity index (χ3n) is 6.89. The molecule has 2 heteroatoms. The normalized spacial score (nSPS) is 85.5. The van der Waals surface area contributed by atoms with Gasteiger partial charge in [0.25, 0.3) is 0 Å². The second kappa shape index (κ2) is 1.83. The lowest BCUT2D eigenvalue weighted by Crippen LogP contribution is -2.37. The van der Waals surface area contributed by atoms with E-state index in [1.165, 1.54) is 6.42 Å². The lowest BCUT2D eigenvalue weighted by atomic mass is 9.64. The summed E-state index contributed by atoms with van der Waals surface area (Å²) in [6, 6.07) is 0. The SMILES string of the molecule is C[C@]12C3C4C([C@@H]5C[C@H]4C(C51)[C@H]3O)[C@@H]2I. The van der Waals surface area contributed by atoms with E-state index in [0.29, 0.717) is 11.3 Å². The summed E-state index contributed by atoms with van der Waals surface area (Å²) in [5, 5.41) is 10.4. The van der Waals surface area contributed by atoms with E-state index in [1.807, 2.05) is 0 Å². The Kier molecular flexibility index (Phi) is 1.03. The number of rotatable bonds is 0. The Labute approximate surface area is 97.8 Å². The van der Waals surface area contributed by atoms with Gasteiger partial charge in [0.2, 0.25) is 0 Å². The summed E-state index contributed by atoms with van der Waals surface area (Å²) in [4.78, 5) is 0. The summed E-state index contributed by atoms with van der Waals surface area (Å²) in [5.41, 5.74) is 0.539. The molecule has 0 aromatic carbocycles. The first-order valence-corrected chi connectivity index (χ1v) is 7.24. The summed E-state index contributed by atoms with van der Waals surface area (Å²) < 4.78 is 0.886. The highest BCUT2D eigenvalue weighted by Gasteiger charge is 2.87. The Morgan fingerprint density at radius 1 is 1.14 bits per heavy atom. The van der Waals surface area contributed by atoms with Crippen LogP contribution in [0.4, 0.5) is 0 Å². The lowest BCUT2D eigenvalue weighted by Gasteiger charge is -2.39. The van der Waals surface area contributed by atoms with Gasteiger partial charge < -0.3 is 5.11 Å². The Bertz CT molecular complexity index is 350. The van der Waals surface area contributed by atoms with Crippen LogP contribution in [0.15, 0.2) is 0 Å². The predicted octanol–water partition coefficient (Wildman–Crippen LogP) is 1.93. The van der Waals surface area contributed by atoms with Crippen molar-refractivity contribution in [1.29, 1.82) is 0 Å². The van der Waals surface area contributed by atoms with Crippen LogP contribution in [0.25, 0.3) is 0 Å². The van der Waals surface area contributed by atoms with E-state index in [4.69, 9.17) is 0 Å². The second-order valence-corrected chi connectivity index (χ2v) is 7.95. The Morgan fingerprint density at radius 2 is 1.93 bits per heavy atom. The summed E-state index contributed by atoms with van der Waals surface area (Å²) in [6.07, 6.45) is 1.57. The monoisotopic (exact) mass is 302 g/mol. The number of alkyl halides is 1. The molecule has 0 heterocycles. The van der Waals surface area contributed by atoms with Gasteiger partial charge >= 0.3 is 0 Å². The summed E-state index contributed by atoms with van der Waals surface area (Å²) in [6.45, 7) is 2.50. The van der Waals surface area contributed by atoms with Crippen molar-refractivity contribution in [2.75, 3.05) is 0 Å². The summed E-state index contributed by atoms with van der Waals surface area (Å²) in [7, 11) is 0. The van der Waals surface area contributed by atoms with E-state index >= 15 is 0 Å². The average molecular weight is 302 g/mol. The van der Waals surface area contributed by atoms with Gasteiger partial charge in [0.1, 0.15) is 0 Å². The van der Waals surface area contributed by atoms with Crippen LogP contribution < -0.4 is 0 Å². The quantitative estimate of drug-likeness (QED) is 0.535. The zero-order chi connectivity index (χ0) is 9.40. The minimum absolute atomic E-state index is 0.0924. The van der Waals surface area contributed by atoms with Gasteiger partial charge in [0, 0.05) is 3.92 Å². The molecule has 0 aliphatic heterocycles. The van der Waals surface area contributed by atoms with Gasteiger partial charge in [-0.15, -0.1) is 0 Å². The van der Waals surface area contributed by atoms with E-state index in [1.54, 1.807) is 0 Å². The molecule has 6 fully saturated rings. The standard InChI is InChI=1S/C12H15IO/c1-12-8-4-2-3-5(6(4)11(12)13)9(12)10(14)7(3)8/h3-11,14H,2H2,1H3/t3-,4+,5?,6?,7?,8?,9?,10-,11+,12-/m1/s1. The predicted molar refractivity (Wildman–Crippen MR) is 61.0 cm³/mol. The van der Waals surface area contributed by atoms with Crippen molar-refractivity contribution < 1.29 is 5.11 Å². The molecule has 0 aromatic rings. The molecule has 14 heavy (non-hydrogen) atoms. The van der Waals surface area contributed by atoms with Crippen LogP contribution in [0.2, 0.25) is 0 Å². The third kappa shape index (κ3) is 0.441. The van der Waals surface area contributed by atoms with Crippen molar-refractivity contribution in [3.8, 4) is 0 Å². The maximum atomic E-state index is 10.4. The molecular weight excluding hydrogens is 287 g/mol. The number of aliphatic hydroxyl groups is 1. The lowest BCUT2D eigenvalue weighted by molar-refractivity contribution is 0.0642. The fourth-order valence-electron chi connectivity index (χ4n) is 7.06. The van der Waals surface area contributed by atoms with Gasteiger partial charge in [-0.3, -0.25) is 0 Å². The largest absolute Gasteiger partial charge is 0.392 e. The summed E-state index contributed by atoms with van der Waals surface area (Å²) in [5.74, 6) is 6.28. The second-order valence-electron chi connectivity index (χ2n) is 6.61. The molecule has 76 valence electrons. The van der Waals surface area contributed by atoms with Crippen LogP contribution in [-0.4, -0.2) is 15.1 Å².